The third-order valence-corrected chi connectivity index (χ3v) is 5.61. The second-order valence-corrected chi connectivity index (χ2v) is 7.50. The lowest BCUT2D eigenvalue weighted by Crippen LogP contribution is -2.26. The van der Waals surface area contributed by atoms with Crippen molar-refractivity contribution in [1.82, 2.24) is 24.1 Å². The van der Waals surface area contributed by atoms with Crippen LogP contribution in [0.2, 0.25) is 0 Å². The van der Waals surface area contributed by atoms with E-state index >= 15 is 0 Å². The van der Waals surface area contributed by atoms with E-state index in [0.29, 0.717) is 10.8 Å². The monoisotopic (exact) mass is 367 g/mol. The van der Waals surface area contributed by atoms with E-state index in [4.69, 9.17) is 0 Å². The van der Waals surface area contributed by atoms with Crippen molar-refractivity contribution in [2.24, 2.45) is 7.05 Å². The van der Waals surface area contributed by atoms with Crippen LogP contribution < -0.4 is 0 Å². The molecule has 0 bridgehead atoms. The van der Waals surface area contributed by atoms with Gasteiger partial charge in [-0.05, 0) is 31.7 Å². The zero-order chi connectivity index (χ0) is 18.3. The predicted octanol–water partition coefficient (Wildman–Crippen LogP) is 3.36. The lowest BCUT2D eigenvalue weighted by molar-refractivity contribution is 0.259. The van der Waals surface area contributed by atoms with Crippen LogP contribution in [0.15, 0.2) is 48.7 Å². The Balaban J connectivity index is 1.78. The zero-order valence-corrected chi connectivity index (χ0v) is 15.8. The molecule has 6 nitrogen and oxygen atoms in total. The summed E-state index contributed by atoms with van der Waals surface area (Å²) in [6.45, 7) is 2.60. The molecule has 0 aliphatic rings. The maximum absolute atomic E-state index is 10.8. The quantitative estimate of drug-likeness (QED) is 0.588. The molecule has 0 saturated heterocycles. The van der Waals surface area contributed by atoms with Gasteiger partial charge in [0.1, 0.15) is 5.82 Å². The highest BCUT2D eigenvalue weighted by Crippen LogP contribution is 2.39. The van der Waals surface area contributed by atoms with Crippen molar-refractivity contribution in [2.75, 3.05) is 7.05 Å². The Morgan fingerprint density at radius 2 is 1.96 bits per heavy atom. The number of aryl methyl sites for hydroxylation is 2. The molecular formula is C19H21N5OS. The van der Waals surface area contributed by atoms with E-state index in [1.54, 1.807) is 0 Å². The van der Waals surface area contributed by atoms with Gasteiger partial charge in [-0.25, -0.2) is 4.98 Å². The molecule has 0 aliphatic carbocycles. The van der Waals surface area contributed by atoms with Gasteiger partial charge in [-0.2, -0.15) is 4.52 Å². The molecule has 0 fully saturated rings. The topological polar surface area (TPSA) is 58.6 Å². The highest BCUT2D eigenvalue weighted by molar-refractivity contribution is 7.17. The van der Waals surface area contributed by atoms with Crippen LogP contribution in [0.5, 0.6) is 5.88 Å². The number of aromatic hydroxyl groups is 1. The van der Waals surface area contributed by atoms with Crippen LogP contribution in [0.3, 0.4) is 0 Å². The summed E-state index contributed by atoms with van der Waals surface area (Å²) in [6.07, 6.45) is 2.02. The van der Waals surface area contributed by atoms with Crippen molar-refractivity contribution in [1.29, 1.82) is 0 Å². The van der Waals surface area contributed by atoms with E-state index in [1.807, 2.05) is 44.4 Å². The molecular weight excluding hydrogens is 346 g/mol. The zero-order valence-electron chi connectivity index (χ0n) is 15.0. The molecule has 7 heteroatoms. The molecule has 0 saturated carbocycles. The average Bonchev–Trinajstić information content (AvgIpc) is 3.27. The molecule has 26 heavy (non-hydrogen) atoms. The van der Waals surface area contributed by atoms with Crippen LogP contribution in [-0.2, 0) is 13.6 Å². The largest absolute Gasteiger partial charge is 0.492 e. The van der Waals surface area contributed by atoms with Crippen molar-refractivity contribution in [3.05, 3.63) is 70.6 Å². The summed E-state index contributed by atoms with van der Waals surface area (Å²) in [5, 5.41) is 15.1. The Kier molecular flexibility index (Phi) is 4.26. The van der Waals surface area contributed by atoms with Crippen LogP contribution in [0.1, 0.15) is 28.0 Å². The van der Waals surface area contributed by atoms with Crippen molar-refractivity contribution in [3.63, 3.8) is 0 Å². The number of fused-ring (bicyclic) bond motifs is 1. The minimum Gasteiger partial charge on any atom is -0.492 e. The summed E-state index contributed by atoms with van der Waals surface area (Å²) >= 11 is 1.48. The first kappa shape index (κ1) is 16.8. The van der Waals surface area contributed by atoms with Crippen LogP contribution in [0, 0.1) is 6.92 Å². The maximum atomic E-state index is 10.8. The molecule has 0 radical (unpaired) electrons. The van der Waals surface area contributed by atoms with Crippen LogP contribution in [0.25, 0.3) is 4.96 Å². The first-order chi connectivity index (χ1) is 12.5. The number of hydrogen-bond acceptors (Lipinski definition) is 5. The Hall–Kier alpha value is -2.64. The molecule has 3 heterocycles. The van der Waals surface area contributed by atoms with Gasteiger partial charge in [0.15, 0.2) is 0 Å². The molecule has 1 atom stereocenters. The molecule has 0 aliphatic heterocycles. The van der Waals surface area contributed by atoms with Gasteiger partial charge in [0.05, 0.1) is 10.9 Å². The molecule has 0 amide bonds. The molecule has 4 aromatic rings. The van der Waals surface area contributed by atoms with Gasteiger partial charge in [0.25, 0.3) is 0 Å². The van der Waals surface area contributed by atoms with E-state index in [9.17, 15) is 5.11 Å². The van der Waals surface area contributed by atoms with Gasteiger partial charge >= 0.3 is 0 Å². The van der Waals surface area contributed by atoms with Crippen LogP contribution >= 0.6 is 11.3 Å². The predicted molar refractivity (Wildman–Crippen MR) is 102 cm³/mol. The van der Waals surface area contributed by atoms with E-state index in [0.717, 1.165) is 17.1 Å². The van der Waals surface area contributed by atoms with Gasteiger partial charge in [0, 0.05) is 25.5 Å². The number of benzene rings is 1. The lowest BCUT2D eigenvalue weighted by Gasteiger charge is -2.28. The highest BCUT2D eigenvalue weighted by Gasteiger charge is 2.29. The number of hydrogen-bond donors (Lipinski definition) is 1. The minimum absolute atomic E-state index is 0.0935. The highest BCUT2D eigenvalue weighted by atomic mass is 32.1. The summed E-state index contributed by atoms with van der Waals surface area (Å²) < 4.78 is 3.62. The SMILES string of the molecule is Cc1nc2sc([C@@H](c3cccn3C)N(C)Cc3ccccc3)c(O)n2n1. The van der Waals surface area contributed by atoms with Crippen molar-refractivity contribution in [2.45, 2.75) is 19.5 Å². The van der Waals surface area contributed by atoms with Gasteiger partial charge in [-0.15, -0.1) is 5.10 Å². The summed E-state index contributed by atoms with van der Waals surface area (Å²) in [6, 6.07) is 14.4. The van der Waals surface area contributed by atoms with E-state index in [-0.39, 0.29) is 11.9 Å². The number of nitrogens with zero attached hydrogens (tertiary/aromatic N) is 5. The fourth-order valence-electron chi connectivity index (χ4n) is 3.31. The van der Waals surface area contributed by atoms with Gasteiger partial charge in [-0.1, -0.05) is 41.7 Å². The summed E-state index contributed by atoms with van der Waals surface area (Å²) in [5.74, 6) is 0.822. The second-order valence-electron chi connectivity index (χ2n) is 6.49. The van der Waals surface area contributed by atoms with Crippen molar-refractivity contribution >= 4 is 16.3 Å². The Bertz CT molecular complexity index is 1030. The normalized spacial score (nSPS) is 12.9. The first-order valence-corrected chi connectivity index (χ1v) is 9.26. The third-order valence-electron chi connectivity index (χ3n) is 4.53. The van der Waals surface area contributed by atoms with Gasteiger partial charge in [-0.3, -0.25) is 4.90 Å². The fourth-order valence-corrected chi connectivity index (χ4v) is 4.49. The molecule has 4 rings (SSSR count). The number of thiazole rings is 1. The van der Waals surface area contributed by atoms with E-state index in [2.05, 4.69) is 44.8 Å². The first-order valence-electron chi connectivity index (χ1n) is 8.45. The van der Waals surface area contributed by atoms with Crippen molar-refractivity contribution in [3.8, 4) is 5.88 Å². The lowest BCUT2D eigenvalue weighted by atomic mass is 10.1. The fraction of sp³-hybridized carbons (Fsp3) is 0.263. The number of aromatic nitrogens is 4. The third kappa shape index (κ3) is 2.89. The Morgan fingerprint density at radius 3 is 2.62 bits per heavy atom. The Labute approximate surface area is 156 Å². The minimum atomic E-state index is -0.0935. The summed E-state index contributed by atoms with van der Waals surface area (Å²) in [4.78, 5) is 8.21. The number of rotatable bonds is 5. The van der Waals surface area contributed by atoms with E-state index < -0.39 is 0 Å². The average molecular weight is 367 g/mol. The van der Waals surface area contributed by atoms with Gasteiger partial charge < -0.3 is 9.67 Å². The molecule has 1 N–H and O–H groups in total. The second kappa shape index (κ2) is 6.59. The Morgan fingerprint density at radius 1 is 1.19 bits per heavy atom. The smallest absolute Gasteiger partial charge is 0.230 e. The summed E-state index contributed by atoms with van der Waals surface area (Å²) in [7, 11) is 4.10. The molecule has 3 aromatic heterocycles. The molecule has 0 unspecified atom stereocenters. The van der Waals surface area contributed by atoms with Crippen molar-refractivity contribution < 1.29 is 5.11 Å². The standard InChI is InChI=1S/C19H21N5OS/c1-13-20-19-24(21-13)18(25)17(26-19)16(15-10-7-11-22(15)2)23(3)12-14-8-5-4-6-9-14/h4-11,16,25H,12H2,1-3H3/t16-/m1/s1. The maximum Gasteiger partial charge on any atom is 0.230 e. The molecule has 0 spiro atoms. The molecule has 134 valence electrons. The molecule has 1 aromatic carbocycles. The van der Waals surface area contributed by atoms with E-state index in [1.165, 1.54) is 21.4 Å². The van der Waals surface area contributed by atoms with Crippen LogP contribution in [0.4, 0.5) is 0 Å². The van der Waals surface area contributed by atoms with Crippen LogP contribution in [-0.4, -0.2) is 36.2 Å². The summed E-state index contributed by atoms with van der Waals surface area (Å²) in [5.41, 5.74) is 2.34. The van der Waals surface area contributed by atoms with Gasteiger partial charge in [0.2, 0.25) is 10.8 Å².